The summed E-state index contributed by atoms with van der Waals surface area (Å²) in [6.45, 7) is 0.139. The SMILES string of the molecule is O=C(CCCc1ccc(Br)s1)NCCS(=O)(=O)c1ccccc1. The van der Waals surface area contributed by atoms with Gasteiger partial charge in [0.2, 0.25) is 5.91 Å². The van der Waals surface area contributed by atoms with E-state index in [0.29, 0.717) is 6.42 Å². The molecule has 1 N–H and O–H groups in total. The number of carbonyl (C=O) groups excluding carboxylic acids is 1. The van der Waals surface area contributed by atoms with Crippen molar-refractivity contribution in [2.24, 2.45) is 0 Å². The molecule has 1 aromatic carbocycles. The number of rotatable bonds is 8. The maximum atomic E-state index is 12.1. The van der Waals surface area contributed by atoms with Crippen molar-refractivity contribution in [1.29, 1.82) is 0 Å². The van der Waals surface area contributed by atoms with Crippen molar-refractivity contribution in [3.8, 4) is 0 Å². The highest BCUT2D eigenvalue weighted by atomic mass is 79.9. The first kappa shape index (κ1) is 18.2. The molecule has 0 fully saturated rings. The molecule has 2 rings (SSSR count). The molecule has 0 bridgehead atoms. The highest BCUT2D eigenvalue weighted by Gasteiger charge is 2.13. The zero-order chi connectivity index (χ0) is 16.7. The van der Waals surface area contributed by atoms with E-state index in [9.17, 15) is 13.2 Å². The standard InChI is InChI=1S/C16H18BrNO3S2/c17-15-10-9-13(22-15)5-4-8-16(19)18-11-12-23(20,21)14-6-2-1-3-7-14/h1-3,6-7,9-10H,4-5,8,11-12H2,(H,18,19). The first-order valence-electron chi connectivity index (χ1n) is 7.26. The molecule has 23 heavy (non-hydrogen) atoms. The predicted molar refractivity (Wildman–Crippen MR) is 96.5 cm³/mol. The fourth-order valence-corrected chi connectivity index (χ4v) is 4.77. The van der Waals surface area contributed by atoms with Crippen LogP contribution >= 0.6 is 27.3 Å². The van der Waals surface area contributed by atoms with Crippen LogP contribution in [0.1, 0.15) is 17.7 Å². The Hall–Kier alpha value is -1.18. The van der Waals surface area contributed by atoms with Crippen molar-refractivity contribution in [1.82, 2.24) is 5.32 Å². The van der Waals surface area contributed by atoms with Crippen LogP contribution in [0.4, 0.5) is 0 Å². The van der Waals surface area contributed by atoms with Gasteiger partial charge in [-0.05, 0) is 53.0 Å². The molecule has 0 spiro atoms. The Labute approximate surface area is 149 Å². The zero-order valence-electron chi connectivity index (χ0n) is 12.5. The highest BCUT2D eigenvalue weighted by Crippen LogP contribution is 2.23. The van der Waals surface area contributed by atoms with Crippen LogP contribution in [0.5, 0.6) is 0 Å². The monoisotopic (exact) mass is 415 g/mol. The maximum absolute atomic E-state index is 12.1. The minimum Gasteiger partial charge on any atom is -0.355 e. The summed E-state index contributed by atoms with van der Waals surface area (Å²) in [5, 5.41) is 2.68. The second-order valence-corrected chi connectivity index (χ2v) is 9.70. The van der Waals surface area contributed by atoms with Crippen LogP contribution in [-0.4, -0.2) is 26.6 Å². The summed E-state index contributed by atoms with van der Waals surface area (Å²) in [5.41, 5.74) is 0. The van der Waals surface area contributed by atoms with Gasteiger partial charge in [0, 0.05) is 17.8 Å². The molecule has 0 atom stereocenters. The van der Waals surface area contributed by atoms with Crippen LogP contribution in [-0.2, 0) is 21.1 Å². The van der Waals surface area contributed by atoms with Gasteiger partial charge in [0.1, 0.15) is 0 Å². The maximum Gasteiger partial charge on any atom is 0.220 e. The quantitative estimate of drug-likeness (QED) is 0.717. The van der Waals surface area contributed by atoms with E-state index in [1.807, 2.05) is 12.1 Å². The molecule has 124 valence electrons. The van der Waals surface area contributed by atoms with Crippen molar-refractivity contribution in [3.05, 3.63) is 51.1 Å². The third-order valence-corrected chi connectivity index (χ3v) is 6.67. The van der Waals surface area contributed by atoms with Gasteiger partial charge in [0.25, 0.3) is 0 Å². The van der Waals surface area contributed by atoms with E-state index in [1.54, 1.807) is 41.7 Å². The lowest BCUT2D eigenvalue weighted by molar-refractivity contribution is -0.121. The van der Waals surface area contributed by atoms with E-state index in [2.05, 4.69) is 21.2 Å². The third kappa shape index (κ3) is 6.08. The molecule has 1 amide bonds. The number of halogens is 1. The molecule has 0 aliphatic rings. The van der Waals surface area contributed by atoms with Crippen molar-refractivity contribution < 1.29 is 13.2 Å². The van der Waals surface area contributed by atoms with E-state index in [0.717, 1.165) is 16.6 Å². The van der Waals surface area contributed by atoms with Crippen LogP contribution in [0.15, 0.2) is 51.1 Å². The predicted octanol–water partition coefficient (Wildman–Crippen LogP) is 3.42. The Balaban J connectivity index is 1.68. The van der Waals surface area contributed by atoms with Crippen molar-refractivity contribution in [2.75, 3.05) is 12.3 Å². The average Bonchev–Trinajstić information content (AvgIpc) is 2.93. The van der Waals surface area contributed by atoms with E-state index in [4.69, 9.17) is 0 Å². The molecule has 1 aromatic heterocycles. The number of carbonyl (C=O) groups is 1. The number of aryl methyl sites for hydroxylation is 1. The molecule has 0 unspecified atom stereocenters. The highest BCUT2D eigenvalue weighted by molar-refractivity contribution is 9.11. The van der Waals surface area contributed by atoms with Crippen LogP contribution in [0.3, 0.4) is 0 Å². The zero-order valence-corrected chi connectivity index (χ0v) is 15.7. The molecular formula is C16H18BrNO3S2. The number of hydrogen-bond acceptors (Lipinski definition) is 4. The summed E-state index contributed by atoms with van der Waals surface area (Å²) in [6.07, 6.45) is 2.01. The first-order valence-corrected chi connectivity index (χ1v) is 10.5. The lowest BCUT2D eigenvalue weighted by Crippen LogP contribution is -2.29. The Morgan fingerprint density at radius 1 is 1.13 bits per heavy atom. The second-order valence-electron chi connectivity index (χ2n) is 5.04. The Bertz CT molecular complexity index is 742. The molecule has 0 aliphatic carbocycles. The van der Waals surface area contributed by atoms with Crippen LogP contribution in [0.2, 0.25) is 0 Å². The lowest BCUT2D eigenvalue weighted by Gasteiger charge is -2.06. The molecule has 4 nitrogen and oxygen atoms in total. The molecule has 0 saturated carbocycles. The molecule has 0 aliphatic heterocycles. The number of nitrogens with one attached hydrogen (secondary N) is 1. The van der Waals surface area contributed by atoms with Gasteiger partial charge < -0.3 is 5.32 Å². The van der Waals surface area contributed by atoms with E-state index in [1.165, 1.54) is 4.88 Å². The van der Waals surface area contributed by atoms with Gasteiger partial charge in [-0.3, -0.25) is 4.79 Å². The van der Waals surface area contributed by atoms with Crippen LogP contribution < -0.4 is 5.32 Å². The van der Waals surface area contributed by atoms with Gasteiger partial charge in [-0.2, -0.15) is 0 Å². The summed E-state index contributed by atoms with van der Waals surface area (Å²) in [4.78, 5) is 13.3. The average molecular weight is 416 g/mol. The number of thiophene rings is 1. The van der Waals surface area contributed by atoms with Gasteiger partial charge in [-0.1, -0.05) is 18.2 Å². The summed E-state index contributed by atoms with van der Waals surface area (Å²) in [7, 11) is -3.33. The molecule has 0 saturated heterocycles. The molecule has 0 radical (unpaired) electrons. The number of benzene rings is 1. The van der Waals surface area contributed by atoms with Crippen LogP contribution in [0.25, 0.3) is 0 Å². The van der Waals surface area contributed by atoms with Gasteiger partial charge in [0.05, 0.1) is 14.4 Å². The largest absolute Gasteiger partial charge is 0.355 e. The summed E-state index contributed by atoms with van der Waals surface area (Å²) < 4.78 is 25.2. The second kappa shape index (κ2) is 8.61. The van der Waals surface area contributed by atoms with Gasteiger partial charge in [0.15, 0.2) is 9.84 Å². The Kier molecular flexibility index (Phi) is 6.80. The smallest absolute Gasteiger partial charge is 0.220 e. The fraction of sp³-hybridized carbons (Fsp3) is 0.312. The third-order valence-electron chi connectivity index (χ3n) is 3.25. The van der Waals surface area contributed by atoms with E-state index >= 15 is 0 Å². The van der Waals surface area contributed by atoms with Crippen molar-refractivity contribution in [3.63, 3.8) is 0 Å². The lowest BCUT2D eigenvalue weighted by atomic mass is 10.2. The molecular weight excluding hydrogens is 398 g/mol. The molecule has 2 aromatic rings. The minimum absolute atomic E-state index is 0.0827. The van der Waals surface area contributed by atoms with Crippen LogP contribution in [0, 0.1) is 0 Å². The number of hydrogen-bond donors (Lipinski definition) is 1. The number of sulfone groups is 1. The molecule has 1 heterocycles. The molecule has 7 heteroatoms. The minimum atomic E-state index is -3.33. The fourth-order valence-electron chi connectivity index (χ4n) is 2.07. The van der Waals surface area contributed by atoms with Gasteiger partial charge >= 0.3 is 0 Å². The van der Waals surface area contributed by atoms with Crippen molar-refractivity contribution in [2.45, 2.75) is 24.2 Å². The summed E-state index contributed by atoms with van der Waals surface area (Å²) >= 11 is 5.07. The van der Waals surface area contributed by atoms with E-state index in [-0.39, 0.29) is 23.1 Å². The van der Waals surface area contributed by atoms with Gasteiger partial charge in [-0.15, -0.1) is 11.3 Å². The normalized spacial score (nSPS) is 11.3. The van der Waals surface area contributed by atoms with E-state index < -0.39 is 9.84 Å². The van der Waals surface area contributed by atoms with Gasteiger partial charge in [-0.25, -0.2) is 8.42 Å². The number of amides is 1. The Morgan fingerprint density at radius 3 is 2.52 bits per heavy atom. The van der Waals surface area contributed by atoms with Crippen molar-refractivity contribution >= 4 is 43.0 Å². The summed E-state index contributed by atoms with van der Waals surface area (Å²) in [5.74, 6) is -0.190. The Morgan fingerprint density at radius 2 is 1.87 bits per heavy atom. The first-order chi connectivity index (χ1) is 11.0. The summed E-state index contributed by atoms with van der Waals surface area (Å²) in [6, 6.07) is 12.3. The topological polar surface area (TPSA) is 63.2 Å².